The van der Waals surface area contributed by atoms with Crippen molar-refractivity contribution in [3.8, 4) is 11.3 Å². The summed E-state index contributed by atoms with van der Waals surface area (Å²) in [7, 11) is 1.25. The molecule has 3 heterocycles. The van der Waals surface area contributed by atoms with E-state index in [4.69, 9.17) is 5.73 Å². The summed E-state index contributed by atoms with van der Waals surface area (Å²) in [4.78, 5) is 45.2. The molecule has 2 aromatic heterocycles. The number of nitrogens with one attached hydrogen (secondary N) is 2. The van der Waals surface area contributed by atoms with Crippen LogP contribution in [0.1, 0.15) is 39.5 Å². The molecule has 12 nitrogen and oxygen atoms in total. The third-order valence-corrected chi connectivity index (χ3v) is 7.64. The number of nitrogens with two attached hydrogens (primary N) is 1. The molecule has 0 atom stereocenters. The second kappa shape index (κ2) is 12.4. The van der Waals surface area contributed by atoms with Gasteiger partial charge in [0.1, 0.15) is 12.4 Å². The second-order valence-corrected chi connectivity index (χ2v) is 10.8. The van der Waals surface area contributed by atoms with Crippen LogP contribution in [0.2, 0.25) is 0 Å². The van der Waals surface area contributed by atoms with Crippen molar-refractivity contribution >= 4 is 23.5 Å². The number of urea groups is 1. The number of aromatic nitrogens is 4. The van der Waals surface area contributed by atoms with Crippen LogP contribution in [0.3, 0.4) is 0 Å². The predicted molar refractivity (Wildman–Crippen MR) is 147 cm³/mol. The highest BCUT2D eigenvalue weighted by Crippen LogP contribution is 2.36. The summed E-state index contributed by atoms with van der Waals surface area (Å²) in [6.07, 6.45) is -4.75. The van der Waals surface area contributed by atoms with E-state index < -0.39 is 48.0 Å². The standard InChI is InChI=1S/C27H29F6N9O3/c1-39-20(18-12-42(13-21(29)30)38-22(18)27(31,32)33)11-35-23(39)24(43)36-15-2-3-17(19(28)10-15)25(44)40-4-6-41(7-5-40)26(45)37-16-8-14(34)9-16/h2-3,10-12,14,16,21H,4-9,13,34H2,1H3,(H,36,43)(H,37,45). The first-order valence-corrected chi connectivity index (χ1v) is 13.9. The van der Waals surface area contributed by atoms with E-state index in [2.05, 4.69) is 20.7 Å². The number of carbonyl (C=O) groups is 3. The fraction of sp³-hybridized carbons (Fsp3) is 0.444. The second-order valence-electron chi connectivity index (χ2n) is 10.8. The Balaban J connectivity index is 1.23. The normalized spacial score (nSPS) is 18.6. The van der Waals surface area contributed by atoms with Gasteiger partial charge < -0.3 is 30.7 Å². The molecule has 1 aromatic carbocycles. The van der Waals surface area contributed by atoms with E-state index in [1.54, 1.807) is 4.90 Å². The van der Waals surface area contributed by atoms with Crippen molar-refractivity contribution in [2.45, 2.75) is 44.1 Å². The molecule has 18 heteroatoms. The van der Waals surface area contributed by atoms with Gasteiger partial charge in [-0.25, -0.2) is 22.9 Å². The van der Waals surface area contributed by atoms with Crippen LogP contribution in [0.5, 0.6) is 0 Å². The largest absolute Gasteiger partial charge is 0.435 e. The van der Waals surface area contributed by atoms with Crippen LogP contribution in [-0.4, -0.2) is 91.7 Å². The van der Waals surface area contributed by atoms with E-state index in [-0.39, 0.29) is 67.1 Å². The number of anilines is 1. The van der Waals surface area contributed by atoms with Crippen LogP contribution in [0.15, 0.2) is 30.6 Å². The Morgan fingerprint density at radius 3 is 2.36 bits per heavy atom. The Morgan fingerprint density at radius 1 is 1.09 bits per heavy atom. The van der Waals surface area contributed by atoms with Gasteiger partial charge in [0.15, 0.2) is 11.5 Å². The first kappa shape index (κ1) is 31.8. The van der Waals surface area contributed by atoms with Gasteiger partial charge in [0, 0.05) is 57.2 Å². The fourth-order valence-corrected chi connectivity index (χ4v) is 5.21. The summed E-state index contributed by atoms with van der Waals surface area (Å²) in [6, 6.07) is 3.25. The number of halogens is 6. The lowest BCUT2D eigenvalue weighted by Crippen LogP contribution is -2.57. The Bertz CT molecular complexity index is 1590. The van der Waals surface area contributed by atoms with Crippen LogP contribution in [-0.2, 0) is 19.8 Å². The smallest absolute Gasteiger partial charge is 0.335 e. The maximum atomic E-state index is 15.0. The minimum absolute atomic E-state index is 0.0344. The number of hydrogen-bond acceptors (Lipinski definition) is 6. The highest BCUT2D eigenvalue weighted by atomic mass is 19.4. The Labute approximate surface area is 252 Å². The molecule has 0 bridgehead atoms. The summed E-state index contributed by atoms with van der Waals surface area (Å²) in [5, 5.41) is 8.51. The van der Waals surface area contributed by atoms with Crippen molar-refractivity contribution in [3.63, 3.8) is 0 Å². The number of carbonyl (C=O) groups excluding carboxylic acids is 3. The third-order valence-electron chi connectivity index (χ3n) is 7.64. The highest BCUT2D eigenvalue weighted by molar-refractivity contribution is 6.03. The van der Waals surface area contributed by atoms with Crippen LogP contribution in [0.25, 0.3) is 11.3 Å². The van der Waals surface area contributed by atoms with Gasteiger partial charge in [0.2, 0.25) is 0 Å². The van der Waals surface area contributed by atoms with Crippen molar-refractivity contribution in [1.29, 1.82) is 0 Å². The van der Waals surface area contributed by atoms with Gasteiger partial charge in [-0.1, -0.05) is 0 Å². The Kier molecular flexibility index (Phi) is 8.77. The van der Waals surface area contributed by atoms with Gasteiger partial charge in [-0.15, -0.1) is 0 Å². The third kappa shape index (κ3) is 6.89. The zero-order chi connectivity index (χ0) is 32.6. The molecular weight excluding hydrogens is 612 g/mol. The number of amides is 4. The Morgan fingerprint density at radius 2 is 1.76 bits per heavy atom. The van der Waals surface area contributed by atoms with Gasteiger partial charge in [-0.05, 0) is 31.0 Å². The molecule has 4 N–H and O–H groups in total. The Hall–Kier alpha value is -4.61. The summed E-state index contributed by atoms with van der Waals surface area (Å²) < 4.78 is 82.8. The number of piperazine rings is 1. The molecule has 5 rings (SSSR count). The zero-order valence-corrected chi connectivity index (χ0v) is 23.8. The summed E-state index contributed by atoms with van der Waals surface area (Å²) in [5.74, 6) is -2.80. The van der Waals surface area contributed by atoms with E-state index in [0.717, 1.165) is 23.0 Å². The molecule has 1 aliphatic carbocycles. The molecule has 0 unspecified atom stereocenters. The predicted octanol–water partition coefficient (Wildman–Crippen LogP) is 2.92. The molecule has 2 fully saturated rings. The summed E-state index contributed by atoms with van der Waals surface area (Å²) >= 11 is 0. The molecule has 1 saturated heterocycles. The molecule has 3 aromatic rings. The quantitative estimate of drug-likeness (QED) is 0.339. The minimum Gasteiger partial charge on any atom is -0.335 e. The van der Waals surface area contributed by atoms with Crippen molar-refractivity contribution in [1.82, 2.24) is 34.4 Å². The summed E-state index contributed by atoms with van der Waals surface area (Å²) in [5.41, 5.74) is 3.22. The van der Waals surface area contributed by atoms with Crippen molar-refractivity contribution < 1.29 is 40.7 Å². The van der Waals surface area contributed by atoms with Crippen LogP contribution in [0, 0.1) is 5.82 Å². The van der Waals surface area contributed by atoms with Gasteiger partial charge in [0.25, 0.3) is 18.2 Å². The van der Waals surface area contributed by atoms with Crippen LogP contribution >= 0.6 is 0 Å². The number of nitrogens with zero attached hydrogens (tertiary/aromatic N) is 6. The summed E-state index contributed by atoms with van der Waals surface area (Å²) in [6.45, 7) is -0.174. The molecule has 242 valence electrons. The van der Waals surface area contributed by atoms with Crippen molar-refractivity contribution in [2.75, 3.05) is 31.5 Å². The van der Waals surface area contributed by atoms with Crippen molar-refractivity contribution in [2.24, 2.45) is 12.8 Å². The van der Waals surface area contributed by atoms with E-state index in [0.29, 0.717) is 17.5 Å². The monoisotopic (exact) mass is 641 g/mol. The molecule has 1 saturated carbocycles. The lowest BCUT2D eigenvalue weighted by atomic mass is 9.88. The van der Waals surface area contributed by atoms with Gasteiger partial charge >= 0.3 is 12.2 Å². The lowest BCUT2D eigenvalue weighted by Gasteiger charge is -2.38. The maximum absolute atomic E-state index is 15.0. The van der Waals surface area contributed by atoms with Crippen LogP contribution < -0.4 is 16.4 Å². The fourth-order valence-electron chi connectivity index (χ4n) is 5.21. The van der Waals surface area contributed by atoms with E-state index in [1.165, 1.54) is 24.1 Å². The molecule has 4 amide bonds. The van der Waals surface area contributed by atoms with Crippen LogP contribution in [0.4, 0.5) is 36.8 Å². The van der Waals surface area contributed by atoms with Gasteiger partial charge in [0.05, 0.1) is 23.0 Å². The maximum Gasteiger partial charge on any atom is 0.435 e. The molecule has 1 aliphatic heterocycles. The van der Waals surface area contributed by atoms with Crippen molar-refractivity contribution in [3.05, 3.63) is 53.5 Å². The topological polar surface area (TPSA) is 143 Å². The number of rotatable bonds is 7. The minimum atomic E-state index is -4.97. The van der Waals surface area contributed by atoms with E-state index in [9.17, 15) is 36.3 Å². The molecular formula is C27H29F6N9O3. The molecule has 0 radical (unpaired) electrons. The average molecular weight is 642 g/mol. The van der Waals surface area contributed by atoms with Gasteiger partial charge in [-0.2, -0.15) is 18.3 Å². The number of hydrogen-bond donors (Lipinski definition) is 3. The lowest BCUT2D eigenvalue weighted by molar-refractivity contribution is -0.141. The number of benzene rings is 1. The SMILES string of the molecule is Cn1c(-c2cn(CC(F)F)nc2C(F)(F)F)cnc1C(=O)Nc1ccc(C(=O)N2CCN(C(=O)NC3CC(N)C3)CC2)c(F)c1. The van der Waals surface area contributed by atoms with E-state index in [1.807, 2.05) is 0 Å². The highest BCUT2D eigenvalue weighted by Gasteiger charge is 2.39. The first-order valence-electron chi connectivity index (χ1n) is 13.9. The molecule has 0 spiro atoms. The van der Waals surface area contributed by atoms with E-state index >= 15 is 4.39 Å². The molecule has 45 heavy (non-hydrogen) atoms. The number of imidazole rings is 1. The number of alkyl halides is 5. The zero-order valence-electron chi connectivity index (χ0n) is 23.8. The average Bonchev–Trinajstić information content (AvgIpc) is 3.54. The van der Waals surface area contributed by atoms with Gasteiger partial charge in [-0.3, -0.25) is 14.3 Å². The first-order chi connectivity index (χ1) is 21.2. The molecule has 2 aliphatic rings.